The van der Waals surface area contributed by atoms with Crippen molar-refractivity contribution in [2.24, 2.45) is 5.92 Å². The van der Waals surface area contributed by atoms with E-state index >= 15 is 0 Å². The van der Waals surface area contributed by atoms with Gasteiger partial charge in [0.1, 0.15) is 11.5 Å². The van der Waals surface area contributed by atoms with E-state index in [-0.39, 0.29) is 5.91 Å². The van der Waals surface area contributed by atoms with E-state index in [2.05, 4.69) is 30.1 Å². The summed E-state index contributed by atoms with van der Waals surface area (Å²) in [5, 5.41) is 3.02. The van der Waals surface area contributed by atoms with Crippen molar-refractivity contribution in [1.29, 1.82) is 0 Å². The molecule has 2 aromatic rings. The van der Waals surface area contributed by atoms with Gasteiger partial charge in [-0.15, -0.1) is 0 Å². The molecule has 5 heteroatoms. The number of rotatable bonds is 6. The molecule has 2 atom stereocenters. The fourth-order valence-corrected chi connectivity index (χ4v) is 4.68. The van der Waals surface area contributed by atoms with E-state index in [0.29, 0.717) is 11.8 Å². The molecule has 2 heterocycles. The third-order valence-corrected chi connectivity index (χ3v) is 6.67. The predicted molar refractivity (Wildman–Crippen MR) is 117 cm³/mol. The van der Waals surface area contributed by atoms with Crippen LogP contribution in [0.15, 0.2) is 40.8 Å². The lowest BCUT2D eigenvalue weighted by Gasteiger charge is -2.27. The van der Waals surface area contributed by atoms with E-state index in [4.69, 9.17) is 4.42 Å². The summed E-state index contributed by atoms with van der Waals surface area (Å²) >= 11 is 2.02. The number of carbonyl (C=O) groups is 1. The van der Waals surface area contributed by atoms with Gasteiger partial charge in [0.05, 0.1) is 0 Å². The first kappa shape index (κ1) is 19.3. The van der Waals surface area contributed by atoms with Crippen LogP contribution in [0.4, 0.5) is 5.69 Å². The van der Waals surface area contributed by atoms with Crippen molar-refractivity contribution >= 4 is 29.4 Å². The number of benzene rings is 1. The minimum absolute atomic E-state index is 0.132. The maximum absolute atomic E-state index is 12.4. The Bertz CT molecular complexity index is 867. The Hall–Kier alpha value is -1.98. The maximum atomic E-state index is 12.4. The molecule has 1 saturated carbocycles. The summed E-state index contributed by atoms with van der Waals surface area (Å²) in [4.78, 5) is 14.9. The number of carbonyl (C=O) groups excluding carboxylic acids is 1. The van der Waals surface area contributed by atoms with Crippen LogP contribution >= 0.6 is 11.8 Å². The van der Waals surface area contributed by atoms with Gasteiger partial charge in [0.2, 0.25) is 5.91 Å². The van der Waals surface area contributed by atoms with Crippen LogP contribution in [0.3, 0.4) is 0 Å². The molecule has 1 aliphatic carbocycles. The highest BCUT2D eigenvalue weighted by Crippen LogP contribution is 2.47. The molecule has 2 unspecified atom stereocenters. The largest absolute Gasteiger partial charge is 0.461 e. The van der Waals surface area contributed by atoms with E-state index in [1.165, 1.54) is 23.5 Å². The molecule has 0 bridgehead atoms. The van der Waals surface area contributed by atoms with Crippen molar-refractivity contribution in [3.05, 3.63) is 59.1 Å². The standard InChI is InChI=1S/C23H28N2O2S/c1-16-14-20(16)22-8-6-19(27-22)7-9-23(26)24-21-5-3-4-18(17(21)2)15-25-10-12-28-13-11-25/h3-9,16,20H,10-15H2,1-2H3,(H,24,26)/b9-7+. The van der Waals surface area contributed by atoms with E-state index in [0.717, 1.165) is 42.4 Å². The van der Waals surface area contributed by atoms with Gasteiger partial charge in [-0.05, 0) is 54.7 Å². The van der Waals surface area contributed by atoms with Gasteiger partial charge in [-0.3, -0.25) is 9.69 Å². The van der Waals surface area contributed by atoms with Crippen molar-refractivity contribution in [2.45, 2.75) is 32.7 Å². The fourth-order valence-electron chi connectivity index (χ4n) is 3.70. The highest BCUT2D eigenvalue weighted by Gasteiger charge is 2.36. The van der Waals surface area contributed by atoms with Crippen LogP contribution < -0.4 is 5.32 Å². The summed E-state index contributed by atoms with van der Waals surface area (Å²) < 4.78 is 5.83. The van der Waals surface area contributed by atoms with E-state index in [1.807, 2.05) is 36.0 Å². The minimum atomic E-state index is -0.132. The number of hydrogen-bond acceptors (Lipinski definition) is 4. The first-order chi connectivity index (χ1) is 13.6. The van der Waals surface area contributed by atoms with Crippen LogP contribution in [0.5, 0.6) is 0 Å². The van der Waals surface area contributed by atoms with Crippen molar-refractivity contribution in [3.63, 3.8) is 0 Å². The fraction of sp³-hybridized carbons (Fsp3) is 0.435. The molecular weight excluding hydrogens is 368 g/mol. The minimum Gasteiger partial charge on any atom is -0.461 e. The molecule has 4 rings (SSSR count). The number of anilines is 1. The van der Waals surface area contributed by atoms with Crippen molar-refractivity contribution in [1.82, 2.24) is 4.90 Å². The summed E-state index contributed by atoms with van der Waals surface area (Å²) in [6.07, 6.45) is 4.49. The molecule has 0 radical (unpaired) electrons. The van der Waals surface area contributed by atoms with Crippen LogP contribution in [0.1, 0.15) is 41.9 Å². The average Bonchev–Trinajstić information content (AvgIpc) is 3.24. The molecule has 1 N–H and O–H groups in total. The molecule has 1 saturated heterocycles. The highest BCUT2D eigenvalue weighted by atomic mass is 32.2. The van der Waals surface area contributed by atoms with Crippen molar-refractivity contribution in [3.8, 4) is 0 Å². The molecule has 1 amide bonds. The quantitative estimate of drug-likeness (QED) is 0.705. The molecule has 2 fully saturated rings. The lowest BCUT2D eigenvalue weighted by Crippen LogP contribution is -2.32. The second-order valence-corrected chi connectivity index (χ2v) is 9.09. The number of thioether (sulfide) groups is 1. The van der Waals surface area contributed by atoms with Gasteiger partial charge in [-0.25, -0.2) is 0 Å². The summed E-state index contributed by atoms with van der Waals surface area (Å²) in [6.45, 7) is 7.53. The first-order valence-electron chi connectivity index (χ1n) is 10.1. The third kappa shape index (κ3) is 4.70. The molecule has 1 aliphatic heterocycles. The van der Waals surface area contributed by atoms with Crippen molar-refractivity contribution in [2.75, 3.05) is 29.9 Å². The van der Waals surface area contributed by atoms with Gasteiger partial charge in [0, 0.05) is 48.8 Å². The topological polar surface area (TPSA) is 45.5 Å². The Morgan fingerprint density at radius 2 is 2.07 bits per heavy atom. The summed E-state index contributed by atoms with van der Waals surface area (Å²) in [6, 6.07) is 10.1. The highest BCUT2D eigenvalue weighted by molar-refractivity contribution is 7.99. The van der Waals surface area contributed by atoms with Crippen LogP contribution in [0.2, 0.25) is 0 Å². The molecule has 4 nitrogen and oxygen atoms in total. The summed E-state index contributed by atoms with van der Waals surface area (Å²) in [5.41, 5.74) is 3.30. The average molecular weight is 397 g/mol. The van der Waals surface area contributed by atoms with Gasteiger partial charge >= 0.3 is 0 Å². The third-order valence-electron chi connectivity index (χ3n) is 5.72. The van der Waals surface area contributed by atoms with E-state index in [9.17, 15) is 4.79 Å². The second kappa shape index (κ2) is 8.58. The van der Waals surface area contributed by atoms with Gasteiger partial charge in [-0.1, -0.05) is 19.1 Å². The van der Waals surface area contributed by atoms with Crippen molar-refractivity contribution < 1.29 is 9.21 Å². The van der Waals surface area contributed by atoms with Crippen LogP contribution in [-0.4, -0.2) is 35.4 Å². The van der Waals surface area contributed by atoms with E-state index < -0.39 is 0 Å². The Morgan fingerprint density at radius 3 is 2.82 bits per heavy atom. The van der Waals surface area contributed by atoms with Gasteiger partial charge in [0.25, 0.3) is 0 Å². The Kier molecular flexibility index (Phi) is 5.93. The zero-order chi connectivity index (χ0) is 19.5. The second-order valence-electron chi connectivity index (χ2n) is 7.86. The summed E-state index contributed by atoms with van der Waals surface area (Å²) in [7, 11) is 0. The van der Waals surface area contributed by atoms with Crippen LogP contribution in [0, 0.1) is 12.8 Å². The molecule has 1 aromatic heterocycles. The lowest BCUT2D eigenvalue weighted by atomic mass is 10.1. The van der Waals surface area contributed by atoms with Gasteiger partial charge in [0.15, 0.2) is 0 Å². The van der Waals surface area contributed by atoms with Crippen LogP contribution in [-0.2, 0) is 11.3 Å². The monoisotopic (exact) mass is 396 g/mol. The van der Waals surface area contributed by atoms with Gasteiger partial charge in [-0.2, -0.15) is 11.8 Å². The number of hydrogen-bond donors (Lipinski definition) is 1. The smallest absolute Gasteiger partial charge is 0.248 e. The molecule has 1 aromatic carbocycles. The predicted octanol–water partition coefficient (Wildman–Crippen LogP) is 4.91. The SMILES string of the molecule is Cc1c(CN2CCSCC2)cccc1NC(=O)/C=C/c1ccc(C2CC2C)o1. The summed E-state index contributed by atoms with van der Waals surface area (Å²) in [5.74, 6) is 5.31. The maximum Gasteiger partial charge on any atom is 0.248 e. The molecule has 148 valence electrons. The zero-order valence-corrected chi connectivity index (χ0v) is 17.4. The molecular formula is C23H28N2O2S. The number of nitrogens with one attached hydrogen (secondary N) is 1. The molecule has 0 spiro atoms. The number of furan rings is 1. The first-order valence-corrected chi connectivity index (χ1v) is 11.2. The van der Waals surface area contributed by atoms with Gasteiger partial charge < -0.3 is 9.73 Å². The normalized spacial score (nSPS) is 22.5. The lowest BCUT2D eigenvalue weighted by molar-refractivity contribution is -0.111. The van der Waals surface area contributed by atoms with Crippen LogP contribution in [0.25, 0.3) is 6.08 Å². The Balaban J connectivity index is 1.37. The molecule has 2 aliphatic rings. The Morgan fingerprint density at radius 1 is 1.29 bits per heavy atom. The zero-order valence-electron chi connectivity index (χ0n) is 16.6. The number of amides is 1. The van der Waals surface area contributed by atoms with E-state index in [1.54, 1.807) is 12.2 Å². The number of nitrogens with zero attached hydrogens (tertiary/aromatic N) is 1. The Labute approximate surface area is 171 Å². The molecule has 28 heavy (non-hydrogen) atoms.